The molecule has 1 aliphatic rings. The Labute approximate surface area is 92.1 Å². The number of hydrogen-bond donors (Lipinski definition) is 1. The third-order valence-electron chi connectivity index (χ3n) is 3.50. The molecule has 1 aromatic carbocycles. The van der Waals surface area contributed by atoms with E-state index < -0.39 is 0 Å². The van der Waals surface area contributed by atoms with Gasteiger partial charge in [0.25, 0.3) is 0 Å². The molecule has 0 bridgehead atoms. The summed E-state index contributed by atoms with van der Waals surface area (Å²) in [4.78, 5) is 0. The molecule has 1 atom stereocenters. The average Bonchev–Trinajstić information content (AvgIpc) is 2.94. The predicted molar refractivity (Wildman–Crippen MR) is 63.2 cm³/mol. The van der Waals surface area contributed by atoms with Gasteiger partial charge in [-0.25, -0.2) is 0 Å². The molecule has 0 aliphatic heterocycles. The second-order valence-corrected chi connectivity index (χ2v) is 4.94. The van der Waals surface area contributed by atoms with Gasteiger partial charge in [-0.3, -0.25) is 0 Å². The fourth-order valence-corrected chi connectivity index (χ4v) is 2.75. The predicted octanol–water partition coefficient (Wildman–Crippen LogP) is 3.10. The summed E-state index contributed by atoms with van der Waals surface area (Å²) in [5.74, 6) is 1.11. The number of aliphatic hydroxyl groups excluding tert-OH is 1. The van der Waals surface area contributed by atoms with E-state index in [9.17, 15) is 5.11 Å². The van der Waals surface area contributed by atoms with E-state index >= 15 is 0 Å². The second-order valence-electron chi connectivity index (χ2n) is 4.94. The van der Waals surface area contributed by atoms with Crippen molar-refractivity contribution in [2.24, 2.45) is 5.92 Å². The Morgan fingerprint density at radius 3 is 2.13 bits per heavy atom. The highest BCUT2D eigenvalue weighted by molar-refractivity contribution is 5.40. The number of hydrogen-bond acceptors (Lipinski definition) is 1. The van der Waals surface area contributed by atoms with Crippen LogP contribution in [0, 0.1) is 26.7 Å². The Balaban J connectivity index is 2.40. The summed E-state index contributed by atoms with van der Waals surface area (Å²) in [7, 11) is 0. The molecule has 0 radical (unpaired) electrons. The first kappa shape index (κ1) is 10.7. The first-order valence-corrected chi connectivity index (χ1v) is 5.82. The maximum atomic E-state index is 9.51. The minimum atomic E-state index is 0.301. The number of rotatable bonds is 3. The number of benzene rings is 1. The molecule has 0 saturated heterocycles. The molecule has 1 heteroatoms. The van der Waals surface area contributed by atoms with E-state index in [4.69, 9.17) is 0 Å². The Kier molecular flexibility index (Phi) is 2.83. The Hall–Kier alpha value is -0.820. The Morgan fingerprint density at radius 1 is 1.20 bits per heavy atom. The zero-order valence-corrected chi connectivity index (χ0v) is 9.88. The summed E-state index contributed by atoms with van der Waals surface area (Å²) in [6.45, 7) is 6.77. The van der Waals surface area contributed by atoms with Crippen LogP contribution in [-0.4, -0.2) is 11.7 Å². The molecule has 0 heterocycles. The van der Waals surface area contributed by atoms with Crippen LogP contribution in [0.3, 0.4) is 0 Å². The van der Waals surface area contributed by atoms with Crippen molar-refractivity contribution in [1.29, 1.82) is 0 Å². The SMILES string of the molecule is Cc1cc(C)c(C(CO)C2CC2)c(C)c1. The van der Waals surface area contributed by atoms with Crippen LogP contribution in [0.5, 0.6) is 0 Å². The van der Waals surface area contributed by atoms with Gasteiger partial charge in [0.2, 0.25) is 0 Å². The highest BCUT2D eigenvalue weighted by Crippen LogP contribution is 2.44. The molecule has 1 nitrogen and oxygen atoms in total. The maximum absolute atomic E-state index is 9.51. The quantitative estimate of drug-likeness (QED) is 0.802. The van der Waals surface area contributed by atoms with E-state index in [2.05, 4.69) is 32.9 Å². The van der Waals surface area contributed by atoms with Crippen molar-refractivity contribution in [1.82, 2.24) is 0 Å². The third kappa shape index (κ3) is 2.07. The minimum Gasteiger partial charge on any atom is -0.396 e. The summed E-state index contributed by atoms with van der Waals surface area (Å²) in [5.41, 5.74) is 5.41. The van der Waals surface area contributed by atoms with E-state index in [0.29, 0.717) is 12.5 Å². The molecular weight excluding hydrogens is 184 g/mol. The van der Waals surface area contributed by atoms with Crippen molar-refractivity contribution in [3.8, 4) is 0 Å². The Bertz CT molecular complexity index is 341. The van der Waals surface area contributed by atoms with E-state index in [1.165, 1.54) is 35.1 Å². The first-order chi connectivity index (χ1) is 7.13. The largest absolute Gasteiger partial charge is 0.396 e. The first-order valence-electron chi connectivity index (χ1n) is 5.82. The summed E-state index contributed by atoms with van der Waals surface area (Å²) in [5, 5.41) is 9.51. The molecule has 1 saturated carbocycles. The molecule has 0 aromatic heterocycles. The minimum absolute atomic E-state index is 0.301. The van der Waals surface area contributed by atoms with E-state index in [-0.39, 0.29) is 0 Å². The van der Waals surface area contributed by atoms with Crippen molar-refractivity contribution in [3.05, 3.63) is 34.4 Å². The van der Waals surface area contributed by atoms with Crippen molar-refractivity contribution < 1.29 is 5.11 Å². The van der Waals surface area contributed by atoms with Crippen LogP contribution in [0.1, 0.15) is 41.0 Å². The normalized spacial score (nSPS) is 17.9. The number of aliphatic hydroxyl groups is 1. The standard InChI is InChI=1S/C14H20O/c1-9-6-10(2)14(11(3)7-9)13(8-15)12-4-5-12/h6-7,12-13,15H,4-5,8H2,1-3H3. The average molecular weight is 204 g/mol. The topological polar surface area (TPSA) is 20.2 Å². The van der Waals surface area contributed by atoms with Crippen LogP contribution in [-0.2, 0) is 0 Å². The van der Waals surface area contributed by atoms with Crippen molar-refractivity contribution in [2.75, 3.05) is 6.61 Å². The van der Waals surface area contributed by atoms with Crippen LogP contribution < -0.4 is 0 Å². The van der Waals surface area contributed by atoms with Crippen molar-refractivity contribution >= 4 is 0 Å². The molecule has 82 valence electrons. The lowest BCUT2D eigenvalue weighted by Gasteiger charge is -2.19. The van der Waals surface area contributed by atoms with Gasteiger partial charge >= 0.3 is 0 Å². The zero-order valence-electron chi connectivity index (χ0n) is 9.88. The van der Waals surface area contributed by atoms with Crippen LogP contribution in [0.2, 0.25) is 0 Å². The molecule has 0 amide bonds. The summed E-state index contributed by atoms with van der Waals surface area (Å²) >= 11 is 0. The molecule has 1 aromatic rings. The van der Waals surface area contributed by atoms with Crippen molar-refractivity contribution in [3.63, 3.8) is 0 Å². The molecule has 1 aliphatic carbocycles. The Morgan fingerprint density at radius 2 is 1.73 bits per heavy atom. The summed E-state index contributed by atoms with van der Waals surface area (Å²) < 4.78 is 0. The van der Waals surface area contributed by atoms with Crippen LogP contribution >= 0.6 is 0 Å². The molecule has 0 spiro atoms. The van der Waals surface area contributed by atoms with Gasteiger partial charge < -0.3 is 5.11 Å². The molecule has 2 rings (SSSR count). The molecular formula is C14H20O. The van der Waals surface area contributed by atoms with Crippen molar-refractivity contribution in [2.45, 2.75) is 39.5 Å². The van der Waals surface area contributed by atoms with E-state index in [1.54, 1.807) is 0 Å². The van der Waals surface area contributed by atoms with Gasteiger partial charge in [-0.05, 0) is 56.2 Å². The van der Waals surface area contributed by atoms with E-state index in [1.807, 2.05) is 0 Å². The lowest BCUT2D eigenvalue weighted by molar-refractivity contribution is 0.252. The third-order valence-corrected chi connectivity index (χ3v) is 3.50. The highest BCUT2D eigenvalue weighted by atomic mass is 16.3. The van der Waals surface area contributed by atoms with Gasteiger partial charge in [-0.1, -0.05) is 17.7 Å². The highest BCUT2D eigenvalue weighted by Gasteiger charge is 2.33. The van der Waals surface area contributed by atoms with Crippen LogP contribution in [0.25, 0.3) is 0 Å². The van der Waals surface area contributed by atoms with Gasteiger partial charge in [-0.15, -0.1) is 0 Å². The fraction of sp³-hybridized carbons (Fsp3) is 0.571. The van der Waals surface area contributed by atoms with Crippen LogP contribution in [0.4, 0.5) is 0 Å². The molecule has 1 unspecified atom stereocenters. The number of aryl methyl sites for hydroxylation is 3. The molecule has 15 heavy (non-hydrogen) atoms. The zero-order chi connectivity index (χ0) is 11.0. The summed E-state index contributed by atoms with van der Waals surface area (Å²) in [6.07, 6.45) is 2.58. The monoisotopic (exact) mass is 204 g/mol. The summed E-state index contributed by atoms with van der Waals surface area (Å²) in [6, 6.07) is 4.46. The van der Waals surface area contributed by atoms with Gasteiger partial charge in [-0.2, -0.15) is 0 Å². The lowest BCUT2D eigenvalue weighted by Crippen LogP contribution is -2.10. The fourth-order valence-electron chi connectivity index (χ4n) is 2.75. The lowest BCUT2D eigenvalue weighted by atomic mass is 9.87. The molecule has 1 N–H and O–H groups in total. The molecule has 1 fully saturated rings. The van der Waals surface area contributed by atoms with Crippen LogP contribution in [0.15, 0.2) is 12.1 Å². The van der Waals surface area contributed by atoms with Gasteiger partial charge in [0, 0.05) is 5.92 Å². The van der Waals surface area contributed by atoms with Gasteiger partial charge in [0.15, 0.2) is 0 Å². The smallest absolute Gasteiger partial charge is 0.0502 e. The van der Waals surface area contributed by atoms with Gasteiger partial charge in [0.1, 0.15) is 0 Å². The van der Waals surface area contributed by atoms with Gasteiger partial charge in [0.05, 0.1) is 6.61 Å². The van der Waals surface area contributed by atoms with E-state index in [0.717, 1.165) is 5.92 Å². The maximum Gasteiger partial charge on any atom is 0.0502 e. The second kappa shape index (κ2) is 3.97.